The van der Waals surface area contributed by atoms with Crippen LogP contribution in [-0.4, -0.2) is 50.7 Å². The van der Waals surface area contributed by atoms with Gasteiger partial charge in [-0.1, -0.05) is 22.0 Å². The number of rotatable bonds is 6. The lowest BCUT2D eigenvalue weighted by Crippen LogP contribution is -2.51. The standard InChI is InChI=1S/C15H20BrN3O3/c16-12-4-1-3-11(9-12)14(20)18-5-2-6-19-15(21)13-10-22-8-7-17-13/h1,3-4,9,13,17H,2,5-8,10H2,(H,18,20)(H,19,21). The molecule has 1 aliphatic heterocycles. The maximum absolute atomic E-state index is 11.9. The minimum atomic E-state index is -0.273. The van der Waals surface area contributed by atoms with Crippen LogP contribution in [0.3, 0.4) is 0 Å². The van der Waals surface area contributed by atoms with E-state index in [1.54, 1.807) is 12.1 Å². The zero-order valence-corrected chi connectivity index (χ0v) is 13.8. The van der Waals surface area contributed by atoms with Crippen molar-refractivity contribution in [2.75, 3.05) is 32.8 Å². The van der Waals surface area contributed by atoms with Crippen LogP contribution in [-0.2, 0) is 9.53 Å². The molecule has 1 aromatic rings. The van der Waals surface area contributed by atoms with Crippen molar-refractivity contribution in [1.82, 2.24) is 16.0 Å². The van der Waals surface area contributed by atoms with Crippen molar-refractivity contribution in [3.63, 3.8) is 0 Å². The van der Waals surface area contributed by atoms with Gasteiger partial charge in [0, 0.05) is 29.7 Å². The largest absolute Gasteiger partial charge is 0.378 e. The molecule has 0 aliphatic carbocycles. The number of carbonyl (C=O) groups is 2. The Morgan fingerprint density at radius 1 is 1.32 bits per heavy atom. The van der Waals surface area contributed by atoms with E-state index in [0.29, 0.717) is 44.8 Å². The molecule has 120 valence electrons. The quantitative estimate of drug-likeness (QED) is 0.644. The molecule has 1 fully saturated rings. The summed E-state index contributed by atoms with van der Waals surface area (Å²) < 4.78 is 6.11. The predicted octanol–water partition coefficient (Wildman–Crippen LogP) is 0.674. The van der Waals surface area contributed by atoms with Crippen molar-refractivity contribution in [3.8, 4) is 0 Å². The Morgan fingerprint density at radius 3 is 2.86 bits per heavy atom. The number of hydrogen-bond acceptors (Lipinski definition) is 4. The molecule has 2 amide bonds. The lowest BCUT2D eigenvalue weighted by atomic mass is 10.2. The maximum Gasteiger partial charge on any atom is 0.251 e. The maximum atomic E-state index is 11.9. The summed E-state index contributed by atoms with van der Waals surface area (Å²) in [6.07, 6.45) is 0.680. The van der Waals surface area contributed by atoms with E-state index in [1.165, 1.54) is 0 Å². The second-order valence-electron chi connectivity index (χ2n) is 4.99. The van der Waals surface area contributed by atoms with Gasteiger partial charge >= 0.3 is 0 Å². The Bertz CT molecular complexity index is 519. The molecule has 1 aliphatic rings. The van der Waals surface area contributed by atoms with Crippen LogP contribution in [0, 0.1) is 0 Å². The third-order valence-electron chi connectivity index (χ3n) is 3.26. The Hall–Kier alpha value is -1.44. The van der Waals surface area contributed by atoms with Crippen molar-refractivity contribution in [1.29, 1.82) is 0 Å². The summed E-state index contributed by atoms with van der Waals surface area (Å²) in [6, 6.07) is 6.95. The lowest BCUT2D eigenvalue weighted by Gasteiger charge is -2.22. The molecule has 22 heavy (non-hydrogen) atoms. The molecule has 6 nitrogen and oxygen atoms in total. The topological polar surface area (TPSA) is 79.5 Å². The van der Waals surface area contributed by atoms with Crippen LogP contribution >= 0.6 is 15.9 Å². The molecular weight excluding hydrogens is 350 g/mol. The van der Waals surface area contributed by atoms with Crippen LogP contribution in [0.25, 0.3) is 0 Å². The highest BCUT2D eigenvalue weighted by Gasteiger charge is 2.20. The Morgan fingerprint density at radius 2 is 2.14 bits per heavy atom. The summed E-state index contributed by atoms with van der Waals surface area (Å²) in [6.45, 7) is 2.79. The minimum Gasteiger partial charge on any atom is -0.378 e. The Labute approximate surface area is 138 Å². The predicted molar refractivity (Wildman–Crippen MR) is 86.7 cm³/mol. The van der Waals surface area contributed by atoms with Gasteiger partial charge in [-0.15, -0.1) is 0 Å². The van der Waals surface area contributed by atoms with E-state index < -0.39 is 0 Å². The van der Waals surface area contributed by atoms with E-state index >= 15 is 0 Å². The number of carbonyl (C=O) groups excluding carboxylic acids is 2. The SMILES string of the molecule is O=C(NCCCNC(=O)C1COCCN1)c1cccc(Br)c1. The second-order valence-corrected chi connectivity index (χ2v) is 5.91. The third-order valence-corrected chi connectivity index (χ3v) is 3.76. The molecule has 1 aromatic carbocycles. The summed E-state index contributed by atoms with van der Waals surface area (Å²) in [5, 5.41) is 8.76. The van der Waals surface area contributed by atoms with E-state index in [2.05, 4.69) is 31.9 Å². The lowest BCUT2D eigenvalue weighted by molar-refractivity contribution is -0.125. The van der Waals surface area contributed by atoms with Gasteiger partial charge in [-0.25, -0.2) is 0 Å². The fraction of sp³-hybridized carbons (Fsp3) is 0.467. The third kappa shape index (κ3) is 5.40. The van der Waals surface area contributed by atoms with Crippen molar-refractivity contribution in [2.24, 2.45) is 0 Å². The van der Waals surface area contributed by atoms with Gasteiger partial charge in [-0.05, 0) is 24.6 Å². The molecule has 1 heterocycles. The van der Waals surface area contributed by atoms with Gasteiger partial charge < -0.3 is 20.7 Å². The van der Waals surface area contributed by atoms with E-state index in [1.807, 2.05) is 12.1 Å². The molecule has 0 spiro atoms. The molecular formula is C15H20BrN3O3. The summed E-state index contributed by atoms with van der Waals surface area (Å²) in [4.78, 5) is 23.7. The number of benzene rings is 1. The van der Waals surface area contributed by atoms with Crippen LogP contribution in [0.4, 0.5) is 0 Å². The van der Waals surface area contributed by atoms with Gasteiger partial charge in [-0.3, -0.25) is 9.59 Å². The highest BCUT2D eigenvalue weighted by molar-refractivity contribution is 9.10. The molecule has 3 N–H and O–H groups in total. The van der Waals surface area contributed by atoms with E-state index in [4.69, 9.17) is 4.74 Å². The van der Waals surface area contributed by atoms with E-state index in [9.17, 15) is 9.59 Å². The van der Waals surface area contributed by atoms with Gasteiger partial charge in [0.1, 0.15) is 6.04 Å². The van der Waals surface area contributed by atoms with Crippen LogP contribution in [0.15, 0.2) is 28.7 Å². The zero-order chi connectivity index (χ0) is 15.8. The van der Waals surface area contributed by atoms with Crippen LogP contribution in [0.1, 0.15) is 16.8 Å². The van der Waals surface area contributed by atoms with Crippen molar-refractivity contribution in [2.45, 2.75) is 12.5 Å². The van der Waals surface area contributed by atoms with Crippen molar-refractivity contribution < 1.29 is 14.3 Å². The number of hydrogen-bond donors (Lipinski definition) is 3. The molecule has 0 saturated carbocycles. The number of nitrogens with one attached hydrogen (secondary N) is 3. The highest BCUT2D eigenvalue weighted by atomic mass is 79.9. The fourth-order valence-corrected chi connectivity index (χ4v) is 2.49. The van der Waals surface area contributed by atoms with E-state index in [0.717, 1.165) is 4.47 Å². The average molecular weight is 370 g/mol. The molecule has 7 heteroatoms. The van der Waals surface area contributed by atoms with Gasteiger partial charge in [0.05, 0.1) is 13.2 Å². The first-order valence-electron chi connectivity index (χ1n) is 7.29. The molecule has 1 atom stereocenters. The Balaban J connectivity index is 1.60. The molecule has 0 radical (unpaired) electrons. The minimum absolute atomic E-state index is 0.0574. The van der Waals surface area contributed by atoms with Gasteiger partial charge in [0.2, 0.25) is 5.91 Å². The summed E-state index contributed by atoms with van der Waals surface area (Å²) in [5.41, 5.74) is 0.613. The zero-order valence-electron chi connectivity index (χ0n) is 12.2. The van der Waals surface area contributed by atoms with Crippen molar-refractivity contribution >= 4 is 27.7 Å². The van der Waals surface area contributed by atoms with Crippen LogP contribution in [0.5, 0.6) is 0 Å². The molecule has 2 rings (SSSR count). The molecule has 0 aromatic heterocycles. The summed E-state index contributed by atoms with van der Waals surface area (Å²) >= 11 is 3.33. The highest BCUT2D eigenvalue weighted by Crippen LogP contribution is 2.11. The number of amides is 2. The van der Waals surface area contributed by atoms with Gasteiger partial charge in [-0.2, -0.15) is 0 Å². The molecule has 1 unspecified atom stereocenters. The smallest absolute Gasteiger partial charge is 0.251 e. The first kappa shape index (κ1) is 16.9. The number of ether oxygens (including phenoxy) is 1. The monoisotopic (exact) mass is 369 g/mol. The fourth-order valence-electron chi connectivity index (χ4n) is 2.09. The van der Waals surface area contributed by atoms with Crippen LogP contribution in [0.2, 0.25) is 0 Å². The average Bonchev–Trinajstić information content (AvgIpc) is 2.55. The summed E-state index contributed by atoms with van der Waals surface area (Å²) in [7, 11) is 0. The molecule has 1 saturated heterocycles. The van der Waals surface area contributed by atoms with Crippen LogP contribution < -0.4 is 16.0 Å². The van der Waals surface area contributed by atoms with Crippen molar-refractivity contribution in [3.05, 3.63) is 34.3 Å². The Kier molecular flexibility index (Phi) is 6.82. The molecule has 0 bridgehead atoms. The second kappa shape index (κ2) is 8.87. The van der Waals surface area contributed by atoms with Gasteiger partial charge in [0.15, 0.2) is 0 Å². The van der Waals surface area contributed by atoms with E-state index in [-0.39, 0.29) is 17.9 Å². The first-order valence-corrected chi connectivity index (χ1v) is 8.09. The summed E-state index contributed by atoms with van der Waals surface area (Å²) in [5.74, 6) is -0.173. The normalized spacial score (nSPS) is 17.8. The first-order chi connectivity index (χ1) is 10.7. The number of halogens is 1. The number of morpholine rings is 1. The van der Waals surface area contributed by atoms with Gasteiger partial charge in [0.25, 0.3) is 5.91 Å².